The molecule has 3 atom stereocenters. The van der Waals surface area contributed by atoms with Crippen LogP contribution in [0.3, 0.4) is 0 Å². The van der Waals surface area contributed by atoms with Gasteiger partial charge in [0.1, 0.15) is 17.7 Å². The Morgan fingerprint density at radius 3 is 2.26 bits per heavy atom. The molecule has 4 N–H and O–H groups in total. The van der Waals surface area contributed by atoms with Crippen molar-refractivity contribution in [3.05, 3.63) is 70.8 Å². The minimum Gasteiger partial charge on any atom is -0.390 e. The Morgan fingerprint density at radius 2 is 1.64 bits per heavy atom. The fourth-order valence-corrected chi connectivity index (χ4v) is 6.06. The van der Waals surface area contributed by atoms with E-state index in [0.29, 0.717) is 19.4 Å². The van der Waals surface area contributed by atoms with E-state index in [9.17, 15) is 31.9 Å². The Morgan fingerprint density at radius 1 is 0.976 bits per heavy atom. The van der Waals surface area contributed by atoms with Crippen molar-refractivity contribution in [2.24, 2.45) is 0 Å². The summed E-state index contributed by atoms with van der Waals surface area (Å²) in [6, 6.07) is 8.36. The molecule has 2 rings (SSSR count). The second-order valence-electron chi connectivity index (χ2n) is 10.8. The molecule has 12 heteroatoms. The van der Waals surface area contributed by atoms with Crippen LogP contribution in [0.25, 0.3) is 0 Å². The van der Waals surface area contributed by atoms with Crippen molar-refractivity contribution in [3.8, 4) is 0 Å². The second kappa shape index (κ2) is 17.3. The monoisotopic (exact) mass is 610 g/mol. The molecule has 2 aromatic rings. The number of benzene rings is 2. The number of aliphatic hydroxyl groups is 1. The predicted molar refractivity (Wildman–Crippen MR) is 160 cm³/mol. The summed E-state index contributed by atoms with van der Waals surface area (Å²) < 4.78 is 53.3. The molecular formula is C30H44F2N4O5S. The molecule has 0 radical (unpaired) electrons. The summed E-state index contributed by atoms with van der Waals surface area (Å²) in [4.78, 5) is 27.5. The van der Waals surface area contributed by atoms with E-state index in [1.165, 1.54) is 0 Å². The number of carbonyl (C=O) groups is 2. The number of amides is 2. The molecule has 0 saturated heterocycles. The standard InChI is InChI=1S/C30H44F2N4O5S/c1-5-7-11-42(40,41)20-27(34-29(38)19-36(3)4)30(39)35-26(15-23-13-24(31)16-25(32)14-23)28(37)18-33-17-22-10-8-9-21(6-2)12-22/h8-10,12-14,16,26-28,33,37H,5-7,11,15,17-20H2,1-4H3,(H,34,38)(H,35,39)/t26-,27+,28+/m0/s1. The highest BCUT2D eigenvalue weighted by Gasteiger charge is 2.31. The summed E-state index contributed by atoms with van der Waals surface area (Å²) in [5, 5.41) is 19.4. The molecular weight excluding hydrogens is 566 g/mol. The largest absolute Gasteiger partial charge is 0.390 e. The number of nitrogens with zero attached hydrogens (tertiary/aromatic N) is 1. The van der Waals surface area contributed by atoms with Crippen LogP contribution in [0.2, 0.25) is 0 Å². The van der Waals surface area contributed by atoms with Gasteiger partial charge in [-0.2, -0.15) is 0 Å². The third-order valence-corrected chi connectivity index (χ3v) is 8.35. The van der Waals surface area contributed by atoms with E-state index in [2.05, 4.69) is 16.0 Å². The molecule has 234 valence electrons. The summed E-state index contributed by atoms with van der Waals surface area (Å²) in [7, 11) is -0.391. The van der Waals surface area contributed by atoms with Crippen LogP contribution in [0.15, 0.2) is 42.5 Å². The van der Waals surface area contributed by atoms with Gasteiger partial charge in [0.25, 0.3) is 0 Å². The third kappa shape index (κ3) is 12.9. The number of rotatable bonds is 18. The molecule has 0 saturated carbocycles. The van der Waals surface area contributed by atoms with Crippen molar-refractivity contribution in [2.45, 2.75) is 64.3 Å². The van der Waals surface area contributed by atoms with Crippen molar-refractivity contribution in [1.82, 2.24) is 20.9 Å². The van der Waals surface area contributed by atoms with Crippen LogP contribution in [-0.4, -0.2) is 87.1 Å². The topological polar surface area (TPSA) is 128 Å². The fraction of sp³-hybridized carbons (Fsp3) is 0.533. The zero-order chi connectivity index (χ0) is 31.3. The van der Waals surface area contributed by atoms with E-state index in [1.807, 2.05) is 38.1 Å². The first-order chi connectivity index (χ1) is 19.8. The van der Waals surface area contributed by atoms with Crippen molar-refractivity contribution in [2.75, 3.05) is 38.7 Å². The summed E-state index contributed by atoms with van der Waals surface area (Å²) in [6.07, 6.45) is 0.549. The van der Waals surface area contributed by atoms with E-state index in [4.69, 9.17) is 0 Å². The molecule has 0 aliphatic carbocycles. The maximum Gasteiger partial charge on any atom is 0.243 e. The first-order valence-corrected chi connectivity index (χ1v) is 16.0. The number of hydrogen-bond acceptors (Lipinski definition) is 7. The summed E-state index contributed by atoms with van der Waals surface area (Å²) in [6.45, 7) is 4.26. The predicted octanol–water partition coefficient (Wildman–Crippen LogP) is 1.97. The zero-order valence-corrected chi connectivity index (χ0v) is 25.6. The summed E-state index contributed by atoms with van der Waals surface area (Å²) >= 11 is 0. The summed E-state index contributed by atoms with van der Waals surface area (Å²) in [5.74, 6) is -3.76. The van der Waals surface area contributed by atoms with Gasteiger partial charge in [0.15, 0.2) is 9.84 Å². The van der Waals surface area contributed by atoms with Gasteiger partial charge < -0.3 is 26.0 Å². The van der Waals surface area contributed by atoms with Gasteiger partial charge in [-0.25, -0.2) is 17.2 Å². The molecule has 0 unspecified atom stereocenters. The SMILES string of the molecule is CCCCS(=O)(=O)C[C@@H](NC(=O)CN(C)C)C(=O)N[C@@H](Cc1cc(F)cc(F)c1)[C@H](O)CNCc1cccc(CC)c1. The molecule has 0 fully saturated rings. The molecule has 0 heterocycles. The van der Waals surface area contributed by atoms with Crippen molar-refractivity contribution >= 4 is 21.7 Å². The fourth-order valence-electron chi connectivity index (χ4n) is 4.43. The number of likely N-dealkylation sites (N-methyl/N-ethyl adjacent to an activating group) is 1. The average molecular weight is 611 g/mol. The number of sulfone groups is 1. The van der Waals surface area contributed by atoms with Crippen LogP contribution in [0.4, 0.5) is 8.78 Å². The van der Waals surface area contributed by atoms with Gasteiger partial charge in [0.2, 0.25) is 11.8 Å². The lowest BCUT2D eigenvalue weighted by atomic mass is 10.00. The Labute approximate surface area is 248 Å². The summed E-state index contributed by atoms with van der Waals surface area (Å²) in [5.41, 5.74) is 2.34. The van der Waals surface area contributed by atoms with E-state index >= 15 is 0 Å². The quantitative estimate of drug-likeness (QED) is 0.203. The second-order valence-corrected chi connectivity index (χ2v) is 13.0. The van der Waals surface area contributed by atoms with Crippen LogP contribution < -0.4 is 16.0 Å². The molecule has 0 bridgehead atoms. The smallest absolute Gasteiger partial charge is 0.243 e. The molecule has 0 aromatic heterocycles. The van der Waals surface area contributed by atoms with Crippen LogP contribution in [-0.2, 0) is 38.8 Å². The maximum absolute atomic E-state index is 13.9. The number of aryl methyl sites for hydroxylation is 1. The van der Waals surface area contributed by atoms with Crippen LogP contribution in [0, 0.1) is 11.6 Å². The lowest BCUT2D eigenvalue weighted by Crippen LogP contribution is -2.57. The van der Waals surface area contributed by atoms with Gasteiger partial charge in [0.05, 0.1) is 30.2 Å². The normalized spacial score (nSPS) is 13.9. The number of aliphatic hydroxyl groups excluding tert-OH is 1. The zero-order valence-electron chi connectivity index (χ0n) is 24.8. The Kier molecular flexibility index (Phi) is 14.5. The molecule has 0 aliphatic rings. The highest BCUT2D eigenvalue weighted by molar-refractivity contribution is 7.91. The molecule has 9 nitrogen and oxygen atoms in total. The maximum atomic E-state index is 13.9. The Bertz CT molecular complexity index is 1260. The average Bonchev–Trinajstić information content (AvgIpc) is 2.90. The number of unbranched alkanes of at least 4 members (excludes halogenated alkanes) is 1. The number of carbonyl (C=O) groups excluding carboxylic acids is 2. The number of halogens is 2. The highest BCUT2D eigenvalue weighted by atomic mass is 32.2. The molecule has 2 amide bonds. The van der Waals surface area contributed by atoms with Crippen LogP contribution >= 0.6 is 0 Å². The first-order valence-electron chi connectivity index (χ1n) is 14.2. The number of nitrogens with one attached hydrogen (secondary N) is 3. The van der Waals surface area contributed by atoms with Gasteiger partial charge in [-0.3, -0.25) is 9.59 Å². The minimum absolute atomic E-state index is 0.0194. The minimum atomic E-state index is -3.70. The third-order valence-electron chi connectivity index (χ3n) is 6.59. The molecule has 0 spiro atoms. The van der Waals surface area contributed by atoms with Gasteiger partial charge in [-0.05, 0) is 62.2 Å². The van der Waals surface area contributed by atoms with E-state index in [-0.39, 0.29) is 30.8 Å². The lowest BCUT2D eigenvalue weighted by Gasteiger charge is -2.28. The Hall–Kier alpha value is -2.93. The van der Waals surface area contributed by atoms with Crippen LogP contribution in [0.1, 0.15) is 43.4 Å². The highest BCUT2D eigenvalue weighted by Crippen LogP contribution is 2.13. The van der Waals surface area contributed by atoms with Gasteiger partial charge in [-0.15, -0.1) is 0 Å². The van der Waals surface area contributed by atoms with Crippen LogP contribution in [0.5, 0.6) is 0 Å². The first kappa shape index (κ1) is 35.3. The van der Waals surface area contributed by atoms with E-state index in [0.717, 1.165) is 35.7 Å². The van der Waals surface area contributed by atoms with Gasteiger partial charge in [0, 0.05) is 19.2 Å². The molecule has 42 heavy (non-hydrogen) atoms. The van der Waals surface area contributed by atoms with E-state index in [1.54, 1.807) is 19.0 Å². The van der Waals surface area contributed by atoms with E-state index < -0.39 is 57.2 Å². The molecule has 2 aromatic carbocycles. The van der Waals surface area contributed by atoms with Gasteiger partial charge in [-0.1, -0.05) is 44.5 Å². The number of hydrogen-bond donors (Lipinski definition) is 4. The van der Waals surface area contributed by atoms with Gasteiger partial charge >= 0.3 is 0 Å². The van der Waals surface area contributed by atoms with Crippen molar-refractivity contribution < 1.29 is 31.9 Å². The van der Waals surface area contributed by atoms with Crippen molar-refractivity contribution in [1.29, 1.82) is 0 Å². The Balaban J connectivity index is 2.26. The molecule has 0 aliphatic heterocycles. The van der Waals surface area contributed by atoms with Crippen molar-refractivity contribution in [3.63, 3.8) is 0 Å². The lowest BCUT2D eigenvalue weighted by molar-refractivity contribution is -0.129.